The van der Waals surface area contributed by atoms with Gasteiger partial charge in [0.1, 0.15) is 24.3 Å². The number of pyridine rings is 1. The van der Waals surface area contributed by atoms with Gasteiger partial charge in [0.2, 0.25) is 0 Å². The molecule has 0 radical (unpaired) electrons. The third kappa shape index (κ3) is 7.24. The zero-order valence-electron chi connectivity index (χ0n) is 24.7. The van der Waals surface area contributed by atoms with E-state index in [0.29, 0.717) is 74.5 Å². The first kappa shape index (κ1) is 31.9. The molecule has 12 heteroatoms. The summed E-state index contributed by atoms with van der Waals surface area (Å²) in [5.74, 6) is -4.71. The average molecular weight is 620 g/mol. The predicted octanol–water partition coefficient (Wildman–Crippen LogP) is 5.53. The Labute approximate surface area is 253 Å². The highest BCUT2D eigenvalue weighted by molar-refractivity contribution is 5.85. The average Bonchev–Trinajstić information content (AvgIpc) is 3.03. The number of alkyl halides is 1. The van der Waals surface area contributed by atoms with Crippen LogP contribution in [0.1, 0.15) is 43.0 Å². The van der Waals surface area contributed by atoms with E-state index in [1.807, 2.05) is 4.90 Å². The molecule has 0 bridgehead atoms. The minimum Gasteiger partial charge on any atom is -0.497 e. The van der Waals surface area contributed by atoms with Gasteiger partial charge in [-0.2, -0.15) is 0 Å². The summed E-state index contributed by atoms with van der Waals surface area (Å²) in [6, 6.07) is 6.93. The van der Waals surface area contributed by atoms with Crippen molar-refractivity contribution >= 4 is 16.9 Å². The number of morpholine rings is 1. The molecule has 2 aromatic carbocycles. The quantitative estimate of drug-likeness (QED) is 0.209. The number of aliphatic carboxylic acids is 1. The van der Waals surface area contributed by atoms with E-state index in [9.17, 15) is 23.1 Å². The first-order valence-electron chi connectivity index (χ1n) is 14.8. The van der Waals surface area contributed by atoms with Gasteiger partial charge in [-0.1, -0.05) is 0 Å². The molecule has 1 atom stereocenters. The summed E-state index contributed by atoms with van der Waals surface area (Å²) < 4.78 is 72.7. The molecule has 0 aliphatic carbocycles. The van der Waals surface area contributed by atoms with Crippen LogP contribution in [0.2, 0.25) is 0 Å². The highest BCUT2D eigenvalue weighted by Gasteiger charge is 2.42. The number of halogens is 4. The molecule has 3 aromatic rings. The summed E-state index contributed by atoms with van der Waals surface area (Å²) >= 11 is 0. The van der Waals surface area contributed by atoms with Crippen molar-refractivity contribution in [3.8, 4) is 11.5 Å². The molecule has 2 saturated heterocycles. The molecule has 1 N–H and O–H groups in total. The van der Waals surface area contributed by atoms with E-state index in [1.165, 1.54) is 0 Å². The first-order valence-corrected chi connectivity index (χ1v) is 14.8. The van der Waals surface area contributed by atoms with E-state index in [1.54, 1.807) is 31.5 Å². The largest absolute Gasteiger partial charge is 0.497 e. The van der Waals surface area contributed by atoms with E-state index >= 15 is 4.39 Å². The van der Waals surface area contributed by atoms with Gasteiger partial charge >= 0.3 is 5.97 Å². The van der Waals surface area contributed by atoms with Crippen LogP contribution in [0.5, 0.6) is 11.5 Å². The fourth-order valence-electron chi connectivity index (χ4n) is 6.09. The minimum atomic E-state index is -1.56. The third-order valence-corrected chi connectivity index (χ3v) is 8.79. The molecule has 238 valence electrons. The molecule has 2 fully saturated rings. The maximum atomic E-state index is 16.4. The van der Waals surface area contributed by atoms with E-state index in [-0.39, 0.29) is 25.2 Å². The summed E-state index contributed by atoms with van der Waals surface area (Å²) in [4.78, 5) is 21.3. The van der Waals surface area contributed by atoms with Crippen LogP contribution in [0.4, 0.5) is 17.6 Å². The summed E-state index contributed by atoms with van der Waals surface area (Å²) in [5, 5.41) is 10.9. The number of carboxylic acids is 1. The molecule has 2 aliphatic heterocycles. The van der Waals surface area contributed by atoms with Crippen molar-refractivity contribution in [2.24, 2.45) is 5.41 Å². The molecule has 0 amide bonds. The van der Waals surface area contributed by atoms with Crippen LogP contribution in [-0.4, -0.2) is 85.5 Å². The predicted molar refractivity (Wildman–Crippen MR) is 155 cm³/mol. The number of carboxylic acid groups (broad SMARTS) is 1. The van der Waals surface area contributed by atoms with Gasteiger partial charge in [0.05, 0.1) is 31.3 Å². The van der Waals surface area contributed by atoms with E-state index in [4.69, 9.17) is 14.2 Å². The maximum Gasteiger partial charge on any atom is 0.309 e. The van der Waals surface area contributed by atoms with Gasteiger partial charge in [-0.25, -0.2) is 17.6 Å². The maximum absolute atomic E-state index is 16.4. The van der Waals surface area contributed by atoms with E-state index < -0.39 is 35.0 Å². The Hall–Kier alpha value is -3.48. The number of rotatable bonds is 12. The lowest BCUT2D eigenvalue weighted by Crippen LogP contribution is -2.45. The zero-order chi connectivity index (χ0) is 31.3. The van der Waals surface area contributed by atoms with E-state index in [0.717, 1.165) is 30.8 Å². The lowest BCUT2D eigenvalue weighted by atomic mass is 9.74. The smallest absolute Gasteiger partial charge is 0.309 e. The summed E-state index contributed by atoms with van der Waals surface area (Å²) in [6.07, 6.45) is 1.13. The van der Waals surface area contributed by atoms with Crippen molar-refractivity contribution in [2.45, 2.75) is 38.4 Å². The Bertz CT molecular complexity index is 1440. The number of aromatic nitrogens is 1. The number of methoxy groups -OCH3 is 1. The fraction of sp³-hybridized carbons (Fsp3) is 0.500. The molecule has 0 spiro atoms. The molecule has 1 aromatic heterocycles. The Morgan fingerprint density at radius 1 is 1.05 bits per heavy atom. The second-order valence-corrected chi connectivity index (χ2v) is 11.5. The summed E-state index contributed by atoms with van der Waals surface area (Å²) in [7, 11) is 1.55. The molecule has 3 heterocycles. The van der Waals surface area contributed by atoms with Crippen LogP contribution in [0.3, 0.4) is 0 Å². The number of carbonyl (C=O) groups is 1. The number of hydrogen-bond acceptors (Lipinski definition) is 7. The number of nitrogens with zero attached hydrogens (tertiary/aromatic N) is 3. The normalized spacial score (nSPS) is 18.3. The second kappa shape index (κ2) is 14.1. The van der Waals surface area contributed by atoms with Gasteiger partial charge in [0.15, 0.2) is 17.5 Å². The van der Waals surface area contributed by atoms with Crippen LogP contribution >= 0.6 is 0 Å². The van der Waals surface area contributed by atoms with Crippen molar-refractivity contribution in [3.63, 3.8) is 0 Å². The number of piperidine rings is 1. The Morgan fingerprint density at radius 2 is 1.75 bits per heavy atom. The zero-order valence-corrected chi connectivity index (χ0v) is 24.7. The molecule has 0 saturated carbocycles. The molecule has 8 nitrogen and oxygen atoms in total. The molecule has 44 heavy (non-hydrogen) atoms. The van der Waals surface area contributed by atoms with Crippen molar-refractivity contribution in [2.75, 3.05) is 59.7 Å². The van der Waals surface area contributed by atoms with Crippen LogP contribution in [-0.2, 0) is 16.1 Å². The molecule has 5 rings (SSSR count). The van der Waals surface area contributed by atoms with Gasteiger partial charge < -0.3 is 19.3 Å². The van der Waals surface area contributed by atoms with Crippen molar-refractivity contribution < 1.29 is 41.7 Å². The molecular weight excluding hydrogens is 582 g/mol. The lowest BCUT2D eigenvalue weighted by Gasteiger charge is -2.39. The number of fused-ring (bicyclic) bond motifs is 1. The minimum absolute atomic E-state index is 0.0313. The Balaban J connectivity index is 1.25. The van der Waals surface area contributed by atoms with Crippen LogP contribution in [0, 0.1) is 22.9 Å². The van der Waals surface area contributed by atoms with Gasteiger partial charge in [0.25, 0.3) is 0 Å². The first-order chi connectivity index (χ1) is 21.2. The number of benzene rings is 2. The second-order valence-electron chi connectivity index (χ2n) is 11.5. The van der Waals surface area contributed by atoms with Crippen molar-refractivity contribution in [1.29, 1.82) is 0 Å². The summed E-state index contributed by atoms with van der Waals surface area (Å²) in [5.41, 5.74) is 0.837. The van der Waals surface area contributed by atoms with Crippen LogP contribution in [0.25, 0.3) is 10.9 Å². The number of likely N-dealkylation sites (tertiary alicyclic amines) is 1. The monoisotopic (exact) mass is 619 g/mol. The number of hydrogen-bond donors (Lipinski definition) is 1. The van der Waals surface area contributed by atoms with Gasteiger partial charge in [-0.05, 0) is 62.5 Å². The van der Waals surface area contributed by atoms with Crippen LogP contribution in [0.15, 0.2) is 36.5 Å². The third-order valence-electron chi connectivity index (χ3n) is 8.79. The van der Waals surface area contributed by atoms with Crippen molar-refractivity contribution in [1.82, 2.24) is 14.8 Å². The van der Waals surface area contributed by atoms with Crippen LogP contribution < -0.4 is 9.47 Å². The highest BCUT2D eigenvalue weighted by atomic mass is 19.2. The lowest BCUT2D eigenvalue weighted by molar-refractivity contribution is -0.153. The van der Waals surface area contributed by atoms with Gasteiger partial charge in [0, 0.05) is 55.5 Å². The van der Waals surface area contributed by atoms with Gasteiger partial charge in [-0.3, -0.25) is 19.6 Å². The Kier molecular flexibility index (Phi) is 10.2. The Morgan fingerprint density at radius 3 is 2.41 bits per heavy atom. The topological polar surface area (TPSA) is 84.4 Å². The standard InChI is InChI=1S/C32H37F4N3O5/c1-42-22-2-3-28-24(16-22)29(21(19-37-28)20-39-10-13-43-14-11-39)25(33)4-5-32(31(40)41)6-8-38(9-7-32)12-15-44-23-17-26(34)30(36)27(35)18-23/h2-3,16-19,25H,4-15,20H2,1H3,(H,40,41)/t25-/m0/s1. The molecule has 0 unspecified atom stereocenters. The van der Waals surface area contributed by atoms with Gasteiger partial charge in [-0.15, -0.1) is 0 Å². The highest BCUT2D eigenvalue weighted by Crippen LogP contribution is 2.42. The molecule has 2 aliphatic rings. The number of ether oxygens (including phenoxy) is 3. The SMILES string of the molecule is COc1ccc2ncc(CN3CCOCC3)c([C@@H](F)CCC3(C(=O)O)CCN(CCOc4cc(F)c(F)c(F)c4)CC3)c2c1. The fourth-order valence-corrected chi connectivity index (χ4v) is 6.09. The molecular formula is C32H37F4N3O5. The van der Waals surface area contributed by atoms with Crippen molar-refractivity contribution in [3.05, 3.63) is 65.1 Å². The van der Waals surface area contributed by atoms with E-state index in [2.05, 4.69) is 9.88 Å². The summed E-state index contributed by atoms with van der Waals surface area (Å²) in [6.45, 7) is 4.54.